The molecule has 1 aliphatic carbocycles. The van der Waals surface area contributed by atoms with Crippen molar-refractivity contribution in [1.82, 2.24) is 4.98 Å². The third-order valence-corrected chi connectivity index (χ3v) is 5.38. The fourth-order valence-electron chi connectivity index (χ4n) is 3.11. The summed E-state index contributed by atoms with van der Waals surface area (Å²) in [5.41, 5.74) is 2.19. The minimum atomic E-state index is -0.491. The highest BCUT2D eigenvalue weighted by Crippen LogP contribution is 2.38. The zero-order chi connectivity index (χ0) is 16.7. The van der Waals surface area contributed by atoms with E-state index in [1.165, 1.54) is 23.5 Å². The molecular weight excluding hydrogens is 325 g/mol. The van der Waals surface area contributed by atoms with Gasteiger partial charge in [-0.15, -0.1) is 11.3 Å². The van der Waals surface area contributed by atoms with Crippen molar-refractivity contribution in [3.8, 4) is 6.07 Å². The van der Waals surface area contributed by atoms with Crippen molar-refractivity contribution in [2.75, 3.05) is 5.32 Å². The molecule has 0 saturated heterocycles. The summed E-state index contributed by atoms with van der Waals surface area (Å²) in [5, 5.41) is 13.3. The molecule has 4 rings (SSSR count). The molecule has 3 aromatic rings. The average molecular weight is 337 g/mol. The number of thiophene rings is 1. The number of halogens is 1. The van der Waals surface area contributed by atoms with E-state index in [4.69, 9.17) is 0 Å². The highest BCUT2D eigenvalue weighted by atomic mass is 32.1. The fourth-order valence-corrected chi connectivity index (χ4v) is 4.34. The Morgan fingerprint density at radius 1 is 1.38 bits per heavy atom. The number of nitrogens with zero attached hydrogens (tertiary/aromatic N) is 2. The molecule has 1 aliphatic rings. The highest BCUT2D eigenvalue weighted by molar-refractivity contribution is 7.16. The molecule has 0 fully saturated rings. The maximum absolute atomic E-state index is 13.8. The summed E-state index contributed by atoms with van der Waals surface area (Å²) in [5.74, 6) is -0.940. The second-order valence-corrected chi connectivity index (χ2v) is 6.76. The normalized spacial score (nSPS) is 12.8. The first kappa shape index (κ1) is 14.8. The Labute approximate surface area is 141 Å². The number of amides is 1. The summed E-state index contributed by atoms with van der Waals surface area (Å²) in [6, 6.07) is 8.12. The van der Waals surface area contributed by atoms with Gasteiger partial charge < -0.3 is 5.32 Å². The third kappa shape index (κ3) is 2.34. The standard InChI is InChI=1S/C18H12FN3OS/c19-11-7-10-3-2-6-21-16(10)13(8-11)17(23)22-18-14(9-20)12-4-1-5-15(12)24-18/h2-3,6-8H,1,4-5H2,(H,22,23). The van der Waals surface area contributed by atoms with Gasteiger partial charge in [0, 0.05) is 16.5 Å². The molecule has 2 aromatic heterocycles. The summed E-state index contributed by atoms with van der Waals surface area (Å²) in [7, 11) is 0. The van der Waals surface area contributed by atoms with E-state index in [0.717, 1.165) is 29.7 Å². The highest BCUT2D eigenvalue weighted by Gasteiger charge is 2.24. The molecule has 0 unspecified atom stereocenters. The summed E-state index contributed by atoms with van der Waals surface area (Å²) in [4.78, 5) is 18.0. The molecule has 6 heteroatoms. The molecule has 0 radical (unpaired) electrons. The number of nitriles is 1. The summed E-state index contributed by atoms with van der Waals surface area (Å²) in [6.07, 6.45) is 4.42. The first-order valence-electron chi connectivity index (χ1n) is 7.57. The number of nitrogens with one attached hydrogen (secondary N) is 1. The van der Waals surface area contributed by atoms with Gasteiger partial charge in [0.05, 0.1) is 16.6 Å². The zero-order valence-electron chi connectivity index (χ0n) is 12.6. The van der Waals surface area contributed by atoms with E-state index in [1.807, 2.05) is 0 Å². The van der Waals surface area contributed by atoms with E-state index in [0.29, 0.717) is 21.5 Å². The smallest absolute Gasteiger partial charge is 0.258 e. The van der Waals surface area contributed by atoms with Gasteiger partial charge >= 0.3 is 0 Å². The van der Waals surface area contributed by atoms with E-state index in [2.05, 4.69) is 16.4 Å². The number of carbonyl (C=O) groups is 1. The molecule has 2 heterocycles. The van der Waals surface area contributed by atoms with Crippen molar-refractivity contribution in [1.29, 1.82) is 5.26 Å². The maximum atomic E-state index is 13.8. The van der Waals surface area contributed by atoms with E-state index >= 15 is 0 Å². The van der Waals surface area contributed by atoms with Gasteiger partial charge in [0.15, 0.2) is 0 Å². The molecule has 1 aromatic carbocycles. The Morgan fingerprint density at radius 2 is 2.25 bits per heavy atom. The minimum Gasteiger partial charge on any atom is -0.312 e. The molecule has 118 valence electrons. The Bertz CT molecular complexity index is 1020. The van der Waals surface area contributed by atoms with Crippen LogP contribution < -0.4 is 5.32 Å². The molecule has 4 nitrogen and oxygen atoms in total. The number of aryl methyl sites for hydroxylation is 1. The Hall–Kier alpha value is -2.78. The number of anilines is 1. The molecule has 0 spiro atoms. The van der Waals surface area contributed by atoms with Crippen molar-refractivity contribution < 1.29 is 9.18 Å². The average Bonchev–Trinajstić information content (AvgIpc) is 3.14. The van der Waals surface area contributed by atoms with Crippen LogP contribution in [0.2, 0.25) is 0 Å². The van der Waals surface area contributed by atoms with Gasteiger partial charge in [-0.1, -0.05) is 6.07 Å². The van der Waals surface area contributed by atoms with Crippen LogP contribution in [-0.2, 0) is 12.8 Å². The maximum Gasteiger partial charge on any atom is 0.258 e. The van der Waals surface area contributed by atoms with Gasteiger partial charge in [0.25, 0.3) is 5.91 Å². The van der Waals surface area contributed by atoms with Gasteiger partial charge in [-0.05, 0) is 43.0 Å². The van der Waals surface area contributed by atoms with Crippen LogP contribution in [-0.4, -0.2) is 10.9 Å². The molecule has 0 bridgehead atoms. The fraction of sp³-hybridized carbons (Fsp3) is 0.167. The van der Waals surface area contributed by atoms with Gasteiger partial charge in [0.1, 0.15) is 16.9 Å². The third-order valence-electron chi connectivity index (χ3n) is 4.17. The van der Waals surface area contributed by atoms with Crippen LogP contribution in [0, 0.1) is 17.1 Å². The molecule has 24 heavy (non-hydrogen) atoms. The lowest BCUT2D eigenvalue weighted by Gasteiger charge is -2.07. The first-order chi connectivity index (χ1) is 11.7. The van der Waals surface area contributed by atoms with Crippen molar-refractivity contribution in [2.24, 2.45) is 0 Å². The monoisotopic (exact) mass is 337 g/mol. The number of pyridine rings is 1. The Balaban J connectivity index is 1.75. The second-order valence-electron chi connectivity index (χ2n) is 5.66. The number of hydrogen-bond donors (Lipinski definition) is 1. The zero-order valence-corrected chi connectivity index (χ0v) is 13.4. The molecule has 1 N–H and O–H groups in total. The Morgan fingerprint density at radius 3 is 3.08 bits per heavy atom. The van der Waals surface area contributed by atoms with Crippen LogP contribution in [0.15, 0.2) is 30.5 Å². The van der Waals surface area contributed by atoms with Crippen LogP contribution in [0.5, 0.6) is 0 Å². The first-order valence-corrected chi connectivity index (χ1v) is 8.39. The van der Waals surface area contributed by atoms with E-state index in [9.17, 15) is 14.4 Å². The van der Waals surface area contributed by atoms with E-state index in [-0.39, 0.29) is 5.56 Å². The van der Waals surface area contributed by atoms with Gasteiger partial charge in [-0.2, -0.15) is 5.26 Å². The number of aromatic nitrogens is 1. The second kappa shape index (κ2) is 5.69. The molecular formula is C18H12FN3OS. The number of rotatable bonds is 2. The van der Waals surface area contributed by atoms with Gasteiger partial charge in [-0.3, -0.25) is 9.78 Å². The minimum absolute atomic E-state index is 0.169. The lowest BCUT2D eigenvalue weighted by molar-refractivity contribution is 0.102. The van der Waals surface area contributed by atoms with Gasteiger partial charge in [-0.25, -0.2) is 4.39 Å². The summed E-state index contributed by atoms with van der Waals surface area (Å²) in [6.45, 7) is 0. The molecule has 1 amide bonds. The van der Waals surface area contributed by atoms with Crippen LogP contribution in [0.25, 0.3) is 10.9 Å². The SMILES string of the molecule is N#Cc1c(NC(=O)c2cc(F)cc3cccnc23)sc2c1CCC2. The lowest BCUT2D eigenvalue weighted by Crippen LogP contribution is -2.13. The Kier molecular flexibility index (Phi) is 3.51. The van der Waals surface area contributed by atoms with Crippen molar-refractivity contribution in [2.45, 2.75) is 19.3 Å². The molecule has 0 aliphatic heterocycles. The van der Waals surface area contributed by atoms with Gasteiger partial charge in [0.2, 0.25) is 0 Å². The van der Waals surface area contributed by atoms with Crippen LogP contribution >= 0.6 is 11.3 Å². The number of fused-ring (bicyclic) bond motifs is 2. The van der Waals surface area contributed by atoms with Crippen LogP contribution in [0.1, 0.15) is 32.8 Å². The van der Waals surface area contributed by atoms with E-state index in [1.54, 1.807) is 18.3 Å². The predicted molar refractivity (Wildman–Crippen MR) is 90.7 cm³/mol. The molecule has 0 atom stereocenters. The van der Waals surface area contributed by atoms with Crippen LogP contribution in [0.4, 0.5) is 9.39 Å². The van der Waals surface area contributed by atoms with Crippen molar-refractivity contribution >= 4 is 33.1 Å². The number of hydrogen-bond acceptors (Lipinski definition) is 4. The largest absolute Gasteiger partial charge is 0.312 e. The lowest BCUT2D eigenvalue weighted by atomic mass is 10.1. The van der Waals surface area contributed by atoms with Crippen LogP contribution in [0.3, 0.4) is 0 Å². The van der Waals surface area contributed by atoms with E-state index < -0.39 is 11.7 Å². The topological polar surface area (TPSA) is 65.8 Å². The molecule has 0 saturated carbocycles. The number of carbonyl (C=O) groups excluding carboxylic acids is 1. The quantitative estimate of drug-likeness (QED) is 0.767. The summed E-state index contributed by atoms with van der Waals surface area (Å²) >= 11 is 1.44. The number of benzene rings is 1. The van der Waals surface area contributed by atoms with Crippen molar-refractivity contribution in [3.05, 3.63) is 57.8 Å². The van der Waals surface area contributed by atoms with Crippen molar-refractivity contribution in [3.63, 3.8) is 0 Å². The predicted octanol–water partition coefficient (Wildman–Crippen LogP) is 4.05. The summed E-state index contributed by atoms with van der Waals surface area (Å²) < 4.78 is 13.8.